The maximum absolute atomic E-state index is 12.5. The zero-order valence-corrected chi connectivity index (χ0v) is 14.2. The second kappa shape index (κ2) is 8.58. The molecule has 8 heteroatoms. The zero-order valence-electron chi connectivity index (χ0n) is 11.9. The molecule has 122 valence electrons. The summed E-state index contributed by atoms with van der Waals surface area (Å²) in [5, 5.41) is 3.52. The van der Waals surface area contributed by atoms with Crippen molar-refractivity contribution in [2.24, 2.45) is 5.73 Å². The first-order chi connectivity index (χ1) is 10.0. The third-order valence-electron chi connectivity index (χ3n) is 3.37. The van der Waals surface area contributed by atoms with E-state index in [1.165, 1.54) is 0 Å². The van der Waals surface area contributed by atoms with Crippen molar-refractivity contribution in [2.45, 2.75) is 18.9 Å². The van der Waals surface area contributed by atoms with Gasteiger partial charge in [-0.05, 0) is 31.0 Å². The molecule has 1 heterocycles. The lowest BCUT2D eigenvalue weighted by atomic mass is 10.1. The molecule has 0 bridgehead atoms. The van der Waals surface area contributed by atoms with Crippen LogP contribution < -0.4 is 11.1 Å². The van der Waals surface area contributed by atoms with E-state index >= 15 is 0 Å². The van der Waals surface area contributed by atoms with Gasteiger partial charge in [-0.3, -0.25) is 9.59 Å². The minimum Gasteiger partial charge on any atom is -0.353 e. The first-order valence-electron chi connectivity index (χ1n) is 6.78. The van der Waals surface area contributed by atoms with Crippen LogP contribution in [0.25, 0.3) is 0 Å². The van der Waals surface area contributed by atoms with Gasteiger partial charge < -0.3 is 16.0 Å². The maximum atomic E-state index is 12.5. The van der Waals surface area contributed by atoms with E-state index in [0.29, 0.717) is 41.7 Å². The molecule has 1 aliphatic heterocycles. The molecule has 22 heavy (non-hydrogen) atoms. The van der Waals surface area contributed by atoms with Crippen LogP contribution in [0.5, 0.6) is 0 Å². The number of nitrogens with one attached hydrogen (secondary N) is 1. The van der Waals surface area contributed by atoms with Gasteiger partial charge in [-0.2, -0.15) is 0 Å². The van der Waals surface area contributed by atoms with E-state index in [1.54, 1.807) is 23.1 Å². The lowest BCUT2D eigenvalue weighted by molar-refractivity contribution is -0.124. The van der Waals surface area contributed by atoms with Crippen molar-refractivity contribution in [3.05, 3.63) is 33.8 Å². The summed E-state index contributed by atoms with van der Waals surface area (Å²) in [6.07, 6.45) is 1.44. The monoisotopic (exact) mass is 365 g/mol. The molecule has 5 nitrogen and oxygen atoms in total. The van der Waals surface area contributed by atoms with Gasteiger partial charge in [0.15, 0.2) is 0 Å². The molecule has 1 aromatic carbocycles. The highest BCUT2D eigenvalue weighted by molar-refractivity contribution is 6.35. The van der Waals surface area contributed by atoms with Crippen LogP contribution in [0.1, 0.15) is 23.2 Å². The summed E-state index contributed by atoms with van der Waals surface area (Å²) in [4.78, 5) is 26.2. The fourth-order valence-electron chi connectivity index (χ4n) is 2.44. The standard InChI is InChI=1S/C14H17Cl2N3O2.ClH/c15-10-6-9(7-11(16)8-10)14(21)19-5-1-2-12(19)13(20)18-4-3-17;/h6-8,12H,1-5,17H2,(H,18,20);1H. The quantitative estimate of drug-likeness (QED) is 0.857. The molecule has 2 rings (SSSR count). The highest BCUT2D eigenvalue weighted by Crippen LogP contribution is 2.24. The Kier molecular flexibility index (Phi) is 7.42. The smallest absolute Gasteiger partial charge is 0.254 e. The molecule has 0 spiro atoms. The predicted octanol–water partition coefficient (Wildman–Crippen LogP) is 2.09. The van der Waals surface area contributed by atoms with Crippen molar-refractivity contribution in [2.75, 3.05) is 19.6 Å². The van der Waals surface area contributed by atoms with Crippen LogP contribution in [0.2, 0.25) is 10.0 Å². The molecule has 1 unspecified atom stereocenters. The number of halogens is 3. The summed E-state index contributed by atoms with van der Waals surface area (Å²) in [5.74, 6) is -0.399. The molecule has 1 fully saturated rings. The van der Waals surface area contributed by atoms with Gasteiger partial charge in [0.25, 0.3) is 5.91 Å². The fraction of sp³-hybridized carbons (Fsp3) is 0.429. The van der Waals surface area contributed by atoms with Crippen molar-refractivity contribution in [3.63, 3.8) is 0 Å². The lowest BCUT2D eigenvalue weighted by Gasteiger charge is -2.24. The molecule has 1 aliphatic rings. The molecular weight excluding hydrogens is 349 g/mol. The number of rotatable bonds is 4. The van der Waals surface area contributed by atoms with Crippen molar-refractivity contribution < 1.29 is 9.59 Å². The Bertz CT molecular complexity index is 534. The number of nitrogens with zero attached hydrogens (tertiary/aromatic N) is 1. The third kappa shape index (κ3) is 4.49. The van der Waals surface area contributed by atoms with Gasteiger partial charge in [0, 0.05) is 35.2 Å². The average Bonchev–Trinajstić information content (AvgIpc) is 2.92. The number of carbonyl (C=O) groups excluding carboxylic acids is 2. The molecule has 2 amide bonds. The first kappa shape index (κ1) is 19.0. The molecule has 0 aliphatic carbocycles. The Hall–Kier alpha value is -1.01. The van der Waals surface area contributed by atoms with Crippen molar-refractivity contribution in [1.82, 2.24) is 10.2 Å². The van der Waals surface area contributed by atoms with Crippen LogP contribution in [0.4, 0.5) is 0 Å². The van der Waals surface area contributed by atoms with Crippen LogP contribution in [0.15, 0.2) is 18.2 Å². The molecule has 0 aromatic heterocycles. The largest absolute Gasteiger partial charge is 0.353 e. The van der Waals surface area contributed by atoms with E-state index in [-0.39, 0.29) is 24.2 Å². The highest BCUT2D eigenvalue weighted by atomic mass is 35.5. The Morgan fingerprint density at radius 2 is 1.91 bits per heavy atom. The predicted molar refractivity (Wildman–Crippen MR) is 89.8 cm³/mol. The van der Waals surface area contributed by atoms with E-state index in [0.717, 1.165) is 6.42 Å². The molecule has 1 atom stereocenters. The van der Waals surface area contributed by atoms with Crippen LogP contribution in [-0.4, -0.2) is 42.4 Å². The van der Waals surface area contributed by atoms with Gasteiger partial charge in [-0.1, -0.05) is 23.2 Å². The van der Waals surface area contributed by atoms with Gasteiger partial charge in [-0.25, -0.2) is 0 Å². The van der Waals surface area contributed by atoms with E-state index in [1.807, 2.05) is 0 Å². The minimum atomic E-state index is -0.457. The van der Waals surface area contributed by atoms with Crippen molar-refractivity contribution in [3.8, 4) is 0 Å². The maximum Gasteiger partial charge on any atom is 0.254 e. The molecule has 0 radical (unpaired) electrons. The van der Waals surface area contributed by atoms with Gasteiger partial charge in [0.05, 0.1) is 0 Å². The van der Waals surface area contributed by atoms with E-state index in [2.05, 4.69) is 5.32 Å². The van der Waals surface area contributed by atoms with E-state index < -0.39 is 6.04 Å². The number of hydrogen-bond acceptors (Lipinski definition) is 3. The van der Waals surface area contributed by atoms with Crippen LogP contribution >= 0.6 is 35.6 Å². The van der Waals surface area contributed by atoms with E-state index in [9.17, 15) is 9.59 Å². The highest BCUT2D eigenvalue weighted by Gasteiger charge is 2.34. The van der Waals surface area contributed by atoms with Crippen LogP contribution in [0.3, 0.4) is 0 Å². The van der Waals surface area contributed by atoms with Crippen molar-refractivity contribution in [1.29, 1.82) is 0 Å². The molecule has 0 saturated carbocycles. The Morgan fingerprint density at radius 1 is 1.27 bits per heavy atom. The topological polar surface area (TPSA) is 75.4 Å². The van der Waals surface area contributed by atoms with Gasteiger partial charge in [0.1, 0.15) is 6.04 Å². The van der Waals surface area contributed by atoms with Gasteiger partial charge in [-0.15, -0.1) is 12.4 Å². The molecular formula is C14H18Cl3N3O2. The van der Waals surface area contributed by atoms with Crippen molar-refractivity contribution >= 4 is 47.4 Å². The molecule has 3 N–H and O–H groups in total. The number of likely N-dealkylation sites (tertiary alicyclic amines) is 1. The number of amides is 2. The number of nitrogens with two attached hydrogens (primary N) is 1. The van der Waals surface area contributed by atoms with E-state index in [4.69, 9.17) is 28.9 Å². The van der Waals surface area contributed by atoms with Crippen LogP contribution in [0, 0.1) is 0 Å². The lowest BCUT2D eigenvalue weighted by Crippen LogP contribution is -2.46. The zero-order chi connectivity index (χ0) is 15.4. The summed E-state index contributed by atoms with van der Waals surface area (Å²) >= 11 is 11.8. The number of benzene rings is 1. The minimum absolute atomic E-state index is 0. The SMILES string of the molecule is Cl.NCCNC(=O)C1CCCN1C(=O)c1cc(Cl)cc(Cl)c1. The summed E-state index contributed by atoms with van der Waals surface area (Å²) in [7, 11) is 0. The number of hydrogen-bond donors (Lipinski definition) is 2. The summed E-state index contributed by atoms with van der Waals surface area (Å²) in [6, 6.07) is 4.23. The second-order valence-electron chi connectivity index (χ2n) is 4.89. The molecule has 1 aromatic rings. The summed E-state index contributed by atoms with van der Waals surface area (Å²) in [5.41, 5.74) is 5.76. The Morgan fingerprint density at radius 3 is 2.50 bits per heavy atom. The number of carbonyl (C=O) groups is 2. The van der Waals surface area contributed by atoms with Crippen LogP contribution in [-0.2, 0) is 4.79 Å². The normalized spacial score (nSPS) is 17.0. The molecule has 1 saturated heterocycles. The van der Waals surface area contributed by atoms with Gasteiger partial charge >= 0.3 is 0 Å². The third-order valence-corrected chi connectivity index (χ3v) is 3.81. The Labute approximate surface area is 145 Å². The second-order valence-corrected chi connectivity index (χ2v) is 5.77. The fourth-order valence-corrected chi connectivity index (χ4v) is 2.96. The first-order valence-corrected chi connectivity index (χ1v) is 7.53. The average molecular weight is 367 g/mol. The Balaban J connectivity index is 0.00000242. The van der Waals surface area contributed by atoms with Gasteiger partial charge in [0.2, 0.25) is 5.91 Å². The summed E-state index contributed by atoms with van der Waals surface area (Å²) < 4.78 is 0. The summed E-state index contributed by atoms with van der Waals surface area (Å²) in [6.45, 7) is 1.32.